The van der Waals surface area contributed by atoms with E-state index in [-0.39, 0.29) is 31.5 Å². The zero-order valence-electron chi connectivity index (χ0n) is 8.94. The Balaban J connectivity index is 2.35. The molecule has 14 heavy (non-hydrogen) atoms. The van der Waals surface area contributed by atoms with Gasteiger partial charge in [-0.1, -0.05) is 0 Å². The summed E-state index contributed by atoms with van der Waals surface area (Å²) in [6, 6.07) is 0.149. The normalized spacial score (nSPS) is 33.6. The fraction of sp³-hybridized carbons (Fsp3) is 1.00. The molecule has 0 aromatic rings. The van der Waals surface area contributed by atoms with Gasteiger partial charge in [-0.2, -0.15) is 0 Å². The van der Waals surface area contributed by atoms with Gasteiger partial charge in [0.15, 0.2) is 0 Å². The molecule has 1 rings (SSSR count). The lowest BCUT2D eigenvalue weighted by Gasteiger charge is -2.34. The summed E-state index contributed by atoms with van der Waals surface area (Å²) in [7, 11) is 0. The zero-order valence-corrected chi connectivity index (χ0v) is 8.94. The van der Waals surface area contributed by atoms with Crippen molar-refractivity contribution in [1.82, 2.24) is 5.32 Å². The van der Waals surface area contributed by atoms with Crippen LogP contribution in [-0.2, 0) is 4.74 Å². The monoisotopic (exact) mass is 203 g/mol. The van der Waals surface area contributed by atoms with E-state index in [0.29, 0.717) is 6.04 Å². The molecular formula is C10H21NO3. The first-order valence-electron chi connectivity index (χ1n) is 5.29. The van der Waals surface area contributed by atoms with Gasteiger partial charge >= 0.3 is 0 Å². The molecule has 1 saturated heterocycles. The van der Waals surface area contributed by atoms with Crippen molar-refractivity contribution in [3.05, 3.63) is 0 Å². The minimum absolute atomic E-state index is 0.0172. The van der Waals surface area contributed by atoms with Crippen LogP contribution in [0.2, 0.25) is 0 Å². The molecular weight excluding hydrogens is 182 g/mol. The Morgan fingerprint density at radius 2 is 1.71 bits per heavy atom. The van der Waals surface area contributed by atoms with Gasteiger partial charge < -0.3 is 20.3 Å². The maximum absolute atomic E-state index is 8.93. The molecule has 0 aliphatic carbocycles. The summed E-state index contributed by atoms with van der Waals surface area (Å²) in [4.78, 5) is 0. The van der Waals surface area contributed by atoms with E-state index in [1.165, 1.54) is 0 Å². The molecule has 0 saturated carbocycles. The second-order valence-corrected chi connectivity index (χ2v) is 4.15. The number of hydrogen-bond acceptors (Lipinski definition) is 4. The van der Waals surface area contributed by atoms with Gasteiger partial charge in [0.1, 0.15) is 0 Å². The summed E-state index contributed by atoms with van der Waals surface area (Å²) in [5.41, 5.74) is 0. The lowest BCUT2D eigenvalue weighted by atomic mass is 9.99. The van der Waals surface area contributed by atoms with Crippen molar-refractivity contribution in [1.29, 1.82) is 0 Å². The summed E-state index contributed by atoms with van der Waals surface area (Å²) in [5, 5.41) is 21.1. The molecule has 0 unspecified atom stereocenters. The molecule has 1 aliphatic rings. The van der Waals surface area contributed by atoms with Crippen LogP contribution in [-0.4, -0.2) is 47.7 Å². The summed E-state index contributed by atoms with van der Waals surface area (Å²) < 4.78 is 5.60. The van der Waals surface area contributed by atoms with Gasteiger partial charge in [0, 0.05) is 6.04 Å². The van der Waals surface area contributed by atoms with Crippen LogP contribution < -0.4 is 5.32 Å². The van der Waals surface area contributed by atoms with Crippen molar-refractivity contribution >= 4 is 0 Å². The highest BCUT2D eigenvalue weighted by atomic mass is 16.5. The van der Waals surface area contributed by atoms with E-state index >= 15 is 0 Å². The number of nitrogens with one attached hydrogen (secondary N) is 1. The molecule has 0 aromatic heterocycles. The van der Waals surface area contributed by atoms with Gasteiger partial charge in [-0.05, 0) is 26.7 Å². The molecule has 0 aromatic carbocycles. The first-order chi connectivity index (χ1) is 6.65. The smallest absolute Gasteiger partial charge is 0.0607 e. The maximum Gasteiger partial charge on any atom is 0.0607 e. The molecule has 0 amide bonds. The van der Waals surface area contributed by atoms with Crippen LogP contribution >= 0.6 is 0 Å². The zero-order chi connectivity index (χ0) is 10.6. The van der Waals surface area contributed by atoms with E-state index in [1.54, 1.807) is 0 Å². The standard InChI is InChI=1S/C10H21NO3/c1-7-3-9(4-8(2)14-7)11-10(5-12)6-13/h7-13H,3-6H2,1-2H3/t7-,8-/m0/s1. The lowest BCUT2D eigenvalue weighted by molar-refractivity contribution is -0.0455. The largest absolute Gasteiger partial charge is 0.395 e. The van der Waals surface area contributed by atoms with E-state index in [4.69, 9.17) is 14.9 Å². The molecule has 4 heteroatoms. The fourth-order valence-electron chi connectivity index (χ4n) is 2.04. The van der Waals surface area contributed by atoms with Crippen LogP contribution in [0, 0.1) is 0 Å². The predicted octanol–water partition coefficient (Wildman–Crippen LogP) is -0.115. The van der Waals surface area contributed by atoms with Crippen LogP contribution in [0.3, 0.4) is 0 Å². The number of rotatable bonds is 4. The first kappa shape index (κ1) is 11.9. The Morgan fingerprint density at radius 3 is 2.14 bits per heavy atom. The highest BCUT2D eigenvalue weighted by Gasteiger charge is 2.25. The van der Waals surface area contributed by atoms with E-state index < -0.39 is 0 Å². The molecule has 84 valence electrons. The van der Waals surface area contributed by atoms with Crippen molar-refractivity contribution in [2.24, 2.45) is 0 Å². The van der Waals surface area contributed by atoms with Gasteiger partial charge in [0.2, 0.25) is 0 Å². The molecule has 1 heterocycles. The lowest BCUT2D eigenvalue weighted by Crippen LogP contribution is -2.48. The first-order valence-corrected chi connectivity index (χ1v) is 5.29. The number of aliphatic hydroxyl groups excluding tert-OH is 2. The molecule has 0 bridgehead atoms. The molecule has 3 N–H and O–H groups in total. The predicted molar refractivity (Wildman–Crippen MR) is 54.1 cm³/mol. The van der Waals surface area contributed by atoms with Crippen molar-refractivity contribution in [2.45, 2.75) is 51.0 Å². The van der Waals surface area contributed by atoms with Crippen molar-refractivity contribution in [2.75, 3.05) is 13.2 Å². The highest BCUT2D eigenvalue weighted by molar-refractivity contribution is 4.81. The Labute approximate surface area is 85.3 Å². The Hall–Kier alpha value is -0.160. The molecule has 0 radical (unpaired) electrons. The van der Waals surface area contributed by atoms with Crippen molar-refractivity contribution < 1.29 is 14.9 Å². The molecule has 1 aliphatic heterocycles. The summed E-state index contributed by atoms with van der Waals surface area (Å²) >= 11 is 0. The SMILES string of the molecule is C[C@H]1CC(NC(CO)CO)C[C@H](C)O1. The van der Waals surface area contributed by atoms with Gasteiger partial charge in [0.05, 0.1) is 31.5 Å². The number of aliphatic hydroxyl groups is 2. The molecule has 2 atom stereocenters. The minimum atomic E-state index is -0.197. The van der Waals surface area contributed by atoms with E-state index in [1.807, 2.05) is 0 Å². The highest BCUT2D eigenvalue weighted by Crippen LogP contribution is 2.19. The second kappa shape index (κ2) is 5.66. The molecule has 0 spiro atoms. The average Bonchev–Trinajstić information content (AvgIpc) is 2.12. The summed E-state index contributed by atoms with van der Waals surface area (Å²) in [6.07, 6.45) is 2.41. The minimum Gasteiger partial charge on any atom is -0.395 e. The van der Waals surface area contributed by atoms with Crippen LogP contribution in [0.15, 0.2) is 0 Å². The summed E-state index contributed by atoms with van der Waals surface area (Å²) in [5.74, 6) is 0. The Morgan fingerprint density at radius 1 is 1.21 bits per heavy atom. The van der Waals surface area contributed by atoms with E-state index in [9.17, 15) is 0 Å². The molecule has 4 nitrogen and oxygen atoms in total. The van der Waals surface area contributed by atoms with Crippen LogP contribution in [0.1, 0.15) is 26.7 Å². The number of ether oxygens (including phenoxy) is 1. The van der Waals surface area contributed by atoms with Gasteiger partial charge in [-0.15, -0.1) is 0 Å². The van der Waals surface area contributed by atoms with Gasteiger partial charge in [-0.25, -0.2) is 0 Å². The average molecular weight is 203 g/mol. The topological polar surface area (TPSA) is 61.7 Å². The quantitative estimate of drug-likeness (QED) is 0.596. The van der Waals surface area contributed by atoms with Crippen LogP contribution in [0.25, 0.3) is 0 Å². The van der Waals surface area contributed by atoms with Crippen LogP contribution in [0.4, 0.5) is 0 Å². The second-order valence-electron chi connectivity index (χ2n) is 4.15. The molecule has 1 fully saturated rings. The van der Waals surface area contributed by atoms with Crippen molar-refractivity contribution in [3.63, 3.8) is 0 Å². The van der Waals surface area contributed by atoms with Crippen molar-refractivity contribution in [3.8, 4) is 0 Å². The fourth-order valence-corrected chi connectivity index (χ4v) is 2.04. The van der Waals surface area contributed by atoms with Gasteiger partial charge in [-0.3, -0.25) is 0 Å². The van der Waals surface area contributed by atoms with E-state index in [0.717, 1.165) is 12.8 Å². The Bertz CT molecular complexity index is 151. The third kappa shape index (κ3) is 3.53. The summed E-state index contributed by atoms with van der Waals surface area (Å²) in [6.45, 7) is 4.07. The van der Waals surface area contributed by atoms with Crippen LogP contribution in [0.5, 0.6) is 0 Å². The Kier molecular flexibility index (Phi) is 4.81. The third-order valence-electron chi connectivity index (χ3n) is 2.61. The van der Waals surface area contributed by atoms with E-state index in [2.05, 4.69) is 19.2 Å². The maximum atomic E-state index is 8.93. The number of hydrogen-bond donors (Lipinski definition) is 3. The third-order valence-corrected chi connectivity index (χ3v) is 2.61. The van der Waals surface area contributed by atoms with Gasteiger partial charge in [0.25, 0.3) is 0 Å².